The van der Waals surface area contributed by atoms with Crippen molar-refractivity contribution in [2.75, 3.05) is 18.8 Å². The van der Waals surface area contributed by atoms with Crippen molar-refractivity contribution < 1.29 is 8.76 Å². The third-order valence-corrected chi connectivity index (χ3v) is 3.49. The first-order valence-electron chi connectivity index (χ1n) is 5.62. The fraction of sp³-hybridized carbons (Fsp3) is 1.00. The molecule has 0 aliphatic carbocycles. The standard InChI is InChI=1S/C11H25NO2S/c1-10(11(2,3)4)9-12-7-5-6-8-15(13)14/h10,12H,5-9H2,1-4H3,(H,13,14)/t10-/m1/s1. The first-order chi connectivity index (χ1) is 6.84. The van der Waals surface area contributed by atoms with Crippen LogP contribution < -0.4 is 5.32 Å². The minimum atomic E-state index is -1.62. The van der Waals surface area contributed by atoms with Crippen molar-refractivity contribution in [3.05, 3.63) is 0 Å². The van der Waals surface area contributed by atoms with E-state index in [1.165, 1.54) is 0 Å². The highest BCUT2D eigenvalue weighted by atomic mass is 32.2. The maximum atomic E-state index is 10.4. The van der Waals surface area contributed by atoms with Gasteiger partial charge in [-0.25, -0.2) is 4.21 Å². The van der Waals surface area contributed by atoms with Crippen molar-refractivity contribution >= 4 is 11.1 Å². The molecule has 0 aromatic rings. The molecule has 0 spiro atoms. The van der Waals surface area contributed by atoms with Gasteiger partial charge in [0.15, 0.2) is 11.1 Å². The predicted octanol–water partition coefficient (Wildman–Crippen LogP) is 2.26. The highest BCUT2D eigenvalue weighted by molar-refractivity contribution is 7.79. The molecule has 92 valence electrons. The topological polar surface area (TPSA) is 49.3 Å². The number of rotatable bonds is 7. The highest BCUT2D eigenvalue weighted by Crippen LogP contribution is 2.24. The third-order valence-electron chi connectivity index (χ3n) is 2.85. The molecule has 0 rings (SSSR count). The maximum Gasteiger partial charge on any atom is 0.152 e. The monoisotopic (exact) mass is 235 g/mol. The molecule has 0 fully saturated rings. The van der Waals surface area contributed by atoms with Crippen LogP contribution in [0.25, 0.3) is 0 Å². The van der Waals surface area contributed by atoms with Gasteiger partial charge in [-0.15, -0.1) is 0 Å². The van der Waals surface area contributed by atoms with Crippen LogP contribution in [0, 0.1) is 11.3 Å². The van der Waals surface area contributed by atoms with Crippen LogP contribution in [0.4, 0.5) is 0 Å². The molecule has 0 aliphatic rings. The van der Waals surface area contributed by atoms with Gasteiger partial charge in [0.2, 0.25) is 0 Å². The second-order valence-electron chi connectivity index (χ2n) is 5.20. The third kappa shape index (κ3) is 9.03. The van der Waals surface area contributed by atoms with Crippen LogP contribution in [0.5, 0.6) is 0 Å². The van der Waals surface area contributed by atoms with Gasteiger partial charge in [0.05, 0.1) is 0 Å². The van der Waals surface area contributed by atoms with Crippen LogP contribution in [0.15, 0.2) is 0 Å². The molecular weight excluding hydrogens is 210 g/mol. The summed E-state index contributed by atoms with van der Waals surface area (Å²) in [6.07, 6.45) is 1.79. The second-order valence-corrected chi connectivity index (χ2v) is 6.26. The molecule has 2 atom stereocenters. The molecule has 0 amide bonds. The minimum absolute atomic E-state index is 0.347. The lowest BCUT2D eigenvalue weighted by Crippen LogP contribution is -2.30. The Morgan fingerprint density at radius 1 is 1.33 bits per heavy atom. The second kappa shape index (κ2) is 7.36. The summed E-state index contributed by atoms with van der Waals surface area (Å²) >= 11 is -1.62. The Morgan fingerprint density at radius 3 is 2.40 bits per heavy atom. The van der Waals surface area contributed by atoms with E-state index in [2.05, 4.69) is 33.0 Å². The minimum Gasteiger partial charge on any atom is -0.316 e. The van der Waals surface area contributed by atoms with Crippen LogP contribution in [0.1, 0.15) is 40.5 Å². The zero-order chi connectivity index (χ0) is 11.9. The van der Waals surface area contributed by atoms with Gasteiger partial charge in [-0.2, -0.15) is 0 Å². The van der Waals surface area contributed by atoms with E-state index in [1.54, 1.807) is 0 Å². The van der Waals surface area contributed by atoms with E-state index in [9.17, 15) is 4.21 Å². The fourth-order valence-corrected chi connectivity index (χ4v) is 1.55. The predicted molar refractivity (Wildman–Crippen MR) is 66.4 cm³/mol. The molecule has 15 heavy (non-hydrogen) atoms. The summed E-state index contributed by atoms with van der Waals surface area (Å²) in [4.78, 5) is 0. The normalized spacial score (nSPS) is 16.3. The Hall–Kier alpha value is 0.0700. The lowest BCUT2D eigenvalue weighted by Gasteiger charge is -2.27. The number of hydrogen-bond donors (Lipinski definition) is 2. The number of unbranched alkanes of at least 4 members (excludes halogenated alkanes) is 1. The molecule has 0 bridgehead atoms. The molecule has 3 nitrogen and oxygen atoms in total. The molecule has 0 heterocycles. The van der Waals surface area contributed by atoms with Crippen LogP contribution >= 0.6 is 0 Å². The summed E-state index contributed by atoms with van der Waals surface area (Å²) in [5.74, 6) is 1.04. The smallest absolute Gasteiger partial charge is 0.152 e. The van der Waals surface area contributed by atoms with Crippen molar-refractivity contribution in [1.82, 2.24) is 5.32 Å². The Balaban J connectivity index is 3.35. The van der Waals surface area contributed by atoms with Gasteiger partial charge in [-0.3, -0.25) is 0 Å². The van der Waals surface area contributed by atoms with E-state index in [0.717, 1.165) is 25.9 Å². The van der Waals surface area contributed by atoms with Crippen LogP contribution in [0.2, 0.25) is 0 Å². The first-order valence-corrected chi connectivity index (χ1v) is 6.90. The average molecular weight is 235 g/mol. The van der Waals surface area contributed by atoms with Crippen molar-refractivity contribution in [3.63, 3.8) is 0 Å². The first kappa shape index (κ1) is 15.1. The zero-order valence-corrected chi connectivity index (χ0v) is 11.2. The van der Waals surface area contributed by atoms with E-state index in [1.807, 2.05) is 0 Å². The van der Waals surface area contributed by atoms with Crippen molar-refractivity contribution in [2.24, 2.45) is 11.3 Å². The van der Waals surface area contributed by atoms with Gasteiger partial charge in [-0.1, -0.05) is 27.7 Å². The lowest BCUT2D eigenvalue weighted by molar-refractivity contribution is 0.253. The van der Waals surface area contributed by atoms with Crippen molar-refractivity contribution in [3.8, 4) is 0 Å². The molecule has 4 heteroatoms. The summed E-state index contributed by atoms with van der Waals surface area (Å²) < 4.78 is 18.9. The average Bonchev–Trinajstić information content (AvgIpc) is 2.08. The maximum absolute atomic E-state index is 10.4. The highest BCUT2D eigenvalue weighted by Gasteiger charge is 2.18. The summed E-state index contributed by atoms with van der Waals surface area (Å²) in [5.41, 5.74) is 0.347. The van der Waals surface area contributed by atoms with Gasteiger partial charge < -0.3 is 9.87 Å². The van der Waals surface area contributed by atoms with Gasteiger partial charge in [-0.05, 0) is 37.3 Å². The van der Waals surface area contributed by atoms with Gasteiger partial charge >= 0.3 is 0 Å². The van der Waals surface area contributed by atoms with Crippen LogP contribution in [-0.4, -0.2) is 27.6 Å². The van der Waals surface area contributed by atoms with E-state index in [4.69, 9.17) is 4.55 Å². The van der Waals surface area contributed by atoms with E-state index in [0.29, 0.717) is 17.1 Å². The summed E-state index contributed by atoms with van der Waals surface area (Å²) in [5, 5.41) is 3.38. The quantitative estimate of drug-likeness (QED) is 0.525. The summed E-state index contributed by atoms with van der Waals surface area (Å²) in [7, 11) is 0. The summed E-state index contributed by atoms with van der Waals surface area (Å²) in [6, 6.07) is 0. The Bertz CT molecular complexity index is 190. The SMILES string of the molecule is C[C@H](CNCCCCS(=O)O)C(C)(C)C. The van der Waals surface area contributed by atoms with E-state index >= 15 is 0 Å². The number of nitrogens with one attached hydrogen (secondary N) is 1. The molecule has 2 N–H and O–H groups in total. The molecule has 0 aliphatic heterocycles. The molecule has 0 aromatic carbocycles. The molecular formula is C11H25NO2S. The lowest BCUT2D eigenvalue weighted by atomic mass is 9.82. The van der Waals surface area contributed by atoms with E-state index < -0.39 is 11.1 Å². The Morgan fingerprint density at radius 2 is 1.93 bits per heavy atom. The fourth-order valence-electron chi connectivity index (χ4n) is 1.10. The van der Waals surface area contributed by atoms with Crippen LogP contribution in [0.3, 0.4) is 0 Å². The zero-order valence-electron chi connectivity index (χ0n) is 10.4. The van der Waals surface area contributed by atoms with Gasteiger partial charge in [0.25, 0.3) is 0 Å². The van der Waals surface area contributed by atoms with Crippen LogP contribution in [-0.2, 0) is 11.1 Å². The molecule has 0 saturated heterocycles. The Labute approximate surface area is 96.3 Å². The van der Waals surface area contributed by atoms with E-state index in [-0.39, 0.29) is 0 Å². The van der Waals surface area contributed by atoms with Crippen molar-refractivity contribution in [1.29, 1.82) is 0 Å². The molecule has 0 aromatic heterocycles. The number of hydrogen-bond acceptors (Lipinski definition) is 2. The van der Waals surface area contributed by atoms with Gasteiger partial charge in [0.1, 0.15) is 0 Å². The van der Waals surface area contributed by atoms with Gasteiger partial charge in [0, 0.05) is 5.75 Å². The molecule has 1 unspecified atom stereocenters. The molecule has 0 radical (unpaired) electrons. The van der Waals surface area contributed by atoms with Crippen molar-refractivity contribution in [2.45, 2.75) is 40.5 Å². The Kier molecular flexibility index (Phi) is 7.40. The largest absolute Gasteiger partial charge is 0.316 e. The molecule has 0 saturated carbocycles. The summed E-state index contributed by atoms with van der Waals surface area (Å²) in [6.45, 7) is 10.9.